The van der Waals surface area contributed by atoms with E-state index >= 15 is 0 Å². The molecular weight excluding hydrogens is 520 g/mol. The van der Waals surface area contributed by atoms with Crippen LogP contribution in [-0.4, -0.2) is 57.5 Å². The molecule has 188 valence electrons. The van der Waals surface area contributed by atoms with Gasteiger partial charge in [-0.05, 0) is 60.5 Å². The van der Waals surface area contributed by atoms with Crippen LogP contribution < -0.4 is 0 Å². The number of aliphatic hydroxyl groups excluding tert-OH is 1. The maximum Gasteiger partial charge on any atom is 0.152 e. The average molecular weight is 546 g/mol. The van der Waals surface area contributed by atoms with Crippen LogP contribution in [0.4, 0.5) is 8.78 Å². The molecule has 1 aromatic heterocycles. The van der Waals surface area contributed by atoms with Crippen molar-refractivity contribution in [2.45, 2.75) is 28.8 Å². The van der Waals surface area contributed by atoms with Gasteiger partial charge in [0.05, 0.1) is 27.7 Å². The number of thiazole rings is 1. The molecule has 0 saturated carbocycles. The first kappa shape index (κ1) is 25.6. The molecule has 1 fully saturated rings. The van der Waals surface area contributed by atoms with Crippen molar-refractivity contribution in [2.24, 2.45) is 0 Å². The van der Waals surface area contributed by atoms with Gasteiger partial charge in [0, 0.05) is 31.2 Å². The smallest absolute Gasteiger partial charge is 0.152 e. The van der Waals surface area contributed by atoms with Crippen molar-refractivity contribution < 1.29 is 13.9 Å². The van der Waals surface area contributed by atoms with Gasteiger partial charge < -0.3 is 5.11 Å². The highest BCUT2D eigenvalue weighted by molar-refractivity contribution is 8.01. The summed E-state index contributed by atoms with van der Waals surface area (Å²) < 4.78 is 29.2. The van der Waals surface area contributed by atoms with Crippen molar-refractivity contribution in [3.63, 3.8) is 0 Å². The van der Waals surface area contributed by atoms with Crippen LogP contribution in [0, 0.1) is 11.6 Å². The molecule has 1 N–H and O–H groups in total. The third-order valence-electron chi connectivity index (χ3n) is 6.41. The Morgan fingerprint density at radius 2 is 1.44 bits per heavy atom. The lowest BCUT2D eigenvalue weighted by Crippen LogP contribution is -2.52. The second-order valence-electron chi connectivity index (χ2n) is 8.92. The van der Waals surface area contributed by atoms with E-state index in [4.69, 9.17) is 16.6 Å². The minimum absolute atomic E-state index is 0.111. The molecule has 0 radical (unpaired) electrons. The molecule has 1 saturated heterocycles. The summed E-state index contributed by atoms with van der Waals surface area (Å²) in [5.74, 6) is -0.564. The van der Waals surface area contributed by atoms with Crippen LogP contribution in [0.25, 0.3) is 10.2 Å². The highest BCUT2D eigenvalue weighted by Gasteiger charge is 2.32. The van der Waals surface area contributed by atoms with E-state index in [0.29, 0.717) is 5.02 Å². The number of aromatic nitrogens is 1. The number of rotatable bonds is 7. The van der Waals surface area contributed by atoms with Gasteiger partial charge in [-0.3, -0.25) is 9.80 Å². The number of benzene rings is 3. The highest BCUT2D eigenvalue weighted by Crippen LogP contribution is 2.37. The number of hydrogen-bond acceptors (Lipinski definition) is 6. The van der Waals surface area contributed by atoms with Gasteiger partial charge in [0.2, 0.25) is 0 Å². The Kier molecular flexibility index (Phi) is 7.90. The van der Waals surface area contributed by atoms with Gasteiger partial charge in [-0.25, -0.2) is 13.8 Å². The van der Waals surface area contributed by atoms with Crippen LogP contribution in [-0.2, 0) is 0 Å². The molecule has 0 amide bonds. The summed E-state index contributed by atoms with van der Waals surface area (Å²) in [6, 6.07) is 18.6. The predicted molar refractivity (Wildman–Crippen MR) is 144 cm³/mol. The van der Waals surface area contributed by atoms with E-state index in [9.17, 15) is 13.9 Å². The Morgan fingerprint density at radius 1 is 0.889 bits per heavy atom. The Labute approximate surface area is 222 Å². The minimum atomic E-state index is -0.554. The Morgan fingerprint density at radius 3 is 2.00 bits per heavy atom. The summed E-state index contributed by atoms with van der Waals surface area (Å²) in [5.41, 5.74) is 2.79. The molecule has 2 unspecified atom stereocenters. The molecule has 4 aromatic rings. The molecule has 1 aliphatic rings. The molecule has 5 rings (SSSR count). The molecule has 0 aliphatic carbocycles. The van der Waals surface area contributed by atoms with Gasteiger partial charge >= 0.3 is 0 Å². The second kappa shape index (κ2) is 11.1. The van der Waals surface area contributed by atoms with E-state index in [-0.39, 0.29) is 23.1 Å². The van der Waals surface area contributed by atoms with Gasteiger partial charge in [0.25, 0.3) is 0 Å². The largest absolute Gasteiger partial charge is 0.391 e. The predicted octanol–water partition coefficient (Wildman–Crippen LogP) is 6.43. The van der Waals surface area contributed by atoms with E-state index in [1.807, 2.05) is 25.1 Å². The van der Waals surface area contributed by atoms with Crippen LogP contribution in [0.5, 0.6) is 0 Å². The monoisotopic (exact) mass is 545 g/mol. The Hall–Kier alpha value is -2.07. The zero-order valence-corrected chi connectivity index (χ0v) is 22.0. The summed E-state index contributed by atoms with van der Waals surface area (Å²) in [6.45, 7) is 4.81. The molecular formula is C27H26ClF2N3OS2. The first-order valence-corrected chi connectivity index (χ1v) is 13.8. The average Bonchev–Trinajstić information content (AvgIpc) is 3.27. The third-order valence-corrected chi connectivity index (χ3v) is 9.24. The summed E-state index contributed by atoms with van der Waals surface area (Å²) in [6.07, 6.45) is -0.554. The Bertz CT molecular complexity index is 1260. The van der Waals surface area contributed by atoms with E-state index in [0.717, 1.165) is 51.9 Å². The van der Waals surface area contributed by atoms with Crippen LogP contribution in [0.15, 0.2) is 71.1 Å². The van der Waals surface area contributed by atoms with Gasteiger partial charge in [-0.15, -0.1) is 11.3 Å². The van der Waals surface area contributed by atoms with Crippen molar-refractivity contribution in [2.75, 3.05) is 26.2 Å². The Balaban J connectivity index is 1.33. The zero-order chi connectivity index (χ0) is 25.2. The van der Waals surface area contributed by atoms with Crippen LogP contribution in [0.1, 0.15) is 24.1 Å². The van der Waals surface area contributed by atoms with Crippen molar-refractivity contribution in [1.82, 2.24) is 14.8 Å². The molecule has 0 spiro atoms. The van der Waals surface area contributed by atoms with Crippen LogP contribution in [0.2, 0.25) is 5.02 Å². The van der Waals surface area contributed by atoms with Gasteiger partial charge in [0.15, 0.2) is 4.34 Å². The molecule has 0 bridgehead atoms. The van der Waals surface area contributed by atoms with E-state index in [1.54, 1.807) is 47.4 Å². The molecule has 4 nitrogen and oxygen atoms in total. The number of nitrogens with zero attached hydrogens (tertiary/aromatic N) is 3. The number of fused-ring (bicyclic) bond motifs is 1. The maximum absolute atomic E-state index is 13.6. The number of aliphatic hydroxyl groups is 1. The van der Waals surface area contributed by atoms with E-state index in [2.05, 4.69) is 9.80 Å². The number of halogens is 3. The highest BCUT2D eigenvalue weighted by atomic mass is 35.5. The normalized spacial score (nSPS) is 17.1. The second-order valence-corrected chi connectivity index (χ2v) is 11.7. The van der Waals surface area contributed by atoms with Crippen molar-refractivity contribution >= 4 is 44.9 Å². The first-order chi connectivity index (χ1) is 17.4. The lowest BCUT2D eigenvalue weighted by Gasteiger charge is -2.43. The minimum Gasteiger partial charge on any atom is -0.391 e. The van der Waals surface area contributed by atoms with Gasteiger partial charge in [-0.2, -0.15) is 0 Å². The van der Waals surface area contributed by atoms with Gasteiger partial charge in [-0.1, -0.05) is 47.6 Å². The standard InChI is InChI=1S/C27H26ClF2N3OS2/c1-17(34)26(36-27-31-23-16-20(28)6-11-24(23)35-27)33-14-12-32(13-15-33)25(18-2-7-21(29)8-3-18)19-4-9-22(30)10-5-19/h2-11,16-17,25-26,34H,12-15H2,1H3. The molecule has 9 heteroatoms. The molecule has 1 aliphatic heterocycles. The quantitative estimate of drug-likeness (QED) is 0.271. The van der Waals surface area contributed by atoms with Crippen LogP contribution in [0.3, 0.4) is 0 Å². The fraction of sp³-hybridized carbons (Fsp3) is 0.296. The lowest BCUT2D eigenvalue weighted by atomic mass is 9.96. The summed E-state index contributed by atoms with van der Waals surface area (Å²) in [7, 11) is 0. The van der Waals surface area contributed by atoms with Crippen molar-refractivity contribution in [3.05, 3.63) is 94.5 Å². The third kappa shape index (κ3) is 5.74. The van der Waals surface area contributed by atoms with Crippen molar-refractivity contribution in [3.8, 4) is 0 Å². The number of thioether (sulfide) groups is 1. The van der Waals surface area contributed by atoms with Gasteiger partial charge in [0.1, 0.15) is 11.6 Å². The van der Waals surface area contributed by atoms with Crippen molar-refractivity contribution in [1.29, 1.82) is 0 Å². The summed E-state index contributed by atoms with van der Waals surface area (Å²) in [4.78, 5) is 9.34. The SMILES string of the molecule is CC(O)C(Sc1nc2cc(Cl)ccc2s1)N1CCN(C(c2ccc(F)cc2)c2ccc(F)cc2)CC1. The topological polar surface area (TPSA) is 39.6 Å². The fourth-order valence-electron chi connectivity index (χ4n) is 4.67. The first-order valence-electron chi connectivity index (χ1n) is 11.8. The maximum atomic E-state index is 13.6. The zero-order valence-electron chi connectivity index (χ0n) is 19.7. The number of piperazine rings is 1. The lowest BCUT2D eigenvalue weighted by molar-refractivity contribution is 0.0555. The van der Waals surface area contributed by atoms with E-state index < -0.39 is 6.10 Å². The summed E-state index contributed by atoms with van der Waals surface area (Å²) in [5, 5.41) is 11.2. The number of hydrogen-bond donors (Lipinski definition) is 1. The fourth-order valence-corrected chi connectivity index (χ4v) is 7.18. The molecule has 36 heavy (non-hydrogen) atoms. The summed E-state index contributed by atoms with van der Waals surface area (Å²) >= 11 is 9.30. The van der Waals surface area contributed by atoms with Crippen LogP contribution >= 0.6 is 34.7 Å². The molecule has 2 atom stereocenters. The van der Waals surface area contributed by atoms with E-state index in [1.165, 1.54) is 24.3 Å². The molecule has 2 heterocycles. The molecule has 3 aromatic carbocycles.